The topological polar surface area (TPSA) is 88.8 Å². The van der Waals surface area contributed by atoms with E-state index in [0.29, 0.717) is 11.5 Å². The van der Waals surface area contributed by atoms with Crippen LogP contribution in [0, 0.1) is 6.92 Å². The molecule has 0 saturated heterocycles. The number of aryl methyl sites for hydroxylation is 1. The molecule has 35 heavy (non-hydrogen) atoms. The van der Waals surface area contributed by atoms with Crippen molar-refractivity contribution in [2.45, 2.75) is 25.3 Å². The van der Waals surface area contributed by atoms with E-state index < -0.39 is 18.1 Å². The average Bonchev–Trinajstić information content (AvgIpc) is 3.40. The number of alkyl carbamates (subject to hydrolysis) is 1. The van der Waals surface area contributed by atoms with Crippen LogP contribution in [-0.2, 0) is 16.0 Å². The van der Waals surface area contributed by atoms with E-state index >= 15 is 0 Å². The lowest BCUT2D eigenvalue weighted by Gasteiger charge is -2.17. The zero-order valence-corrected chi connectivity index (χ0v) is 19.2. The number of benzene rings is 3. The fourth-order valence-corrected chi connectivity index (χ4v) is 4.67. The Hall–Kier alpha value is -4.32. The second-order valence-electron chi connectivity index (χ2n) is 8.62. The van der Waals surface area contributed by atoms with Gasteiger partial charge in [0.2, 0.25) is 0 Å². The van der Waals surface area contributed by atoms with E-state index in [1.54, 1.807) is 6.92 Å². The van der Waals surface area contributed by atoms with Crippen LogP contribution in [0.3, 0.4) is 0 Å². The molecule has 0 aliphatic heterocycles. The van der Waals surface area contributed by atoms with Crippen molar-refractivity contribution in [3.63, 3.8) is 0 Å². The van der Waals surface area contributed by atoms with Crippen LogP contribution >= 0.6 is 0 Å². The highest BCUT2D eigenvalue weighted by atomic mass is 16.5. The lowest BCUT2D eigenvalue weighted by Crippen LogP contribution is -2.43. The van der Waals surface area contributed by atoms with E-state index in [1.807, 2.05) is 72.8 Å². The fraction of sp³-hybridized carbons (Fsp3) is 0.172. The summed E-state index contributed by atoms with van der Waals surface area (Å²) in [5.74, 6) is 0.0363. The maximum atomic E-state index is 12.6. The summed E-state index contributed by atoms with van der Waals surface area (Å²) in [5, 5.41) is 12.2. The molecule has 1 aromatic heterocycles. The predicted molar refractivity (Wildman–Crippen MR) is 132 cm³/mol. The molecule has 1 aliphatic rings. The molecule has 0 radical (unpaired) electrons. The zero-order chi connectivity index (χ0) is 24.4. The van der Waals surface area contributed by atoms with Gasteiger partial charge in [-0.2, -0.15) is 0 Å². The summed E-state index contributed by atoms with van der Waals surface area (Å²) in [5.41, 5.74) is 6.07. The molecule has 1 heterocycles. The van der Waals surface area contributed by atoms with Crippen molar-refractivity contribution < 1.29 is 23.8 Å². The van der Waals surface area contributed by atoms with Gasteiger partial charge in [0.1, 0.15) is 24.2 Å². The molecule has 3 aromatic carbocycles. The van der Waals surface area contributed by atoms with E-state index in [-0.39, 0.29) is 18.9 Å². The quantitative estimate of drug-likeness (QED) is 0.359. The lowest BCUT2D eigenvalue weighted by atomic mass is 9.98. The van der Waals surface area contributed by atoms with Crippen molar-refractivity contribution in [1.82, 2.24) is 5.32 Å². The number of carbonyl (C=O) groups excluding carboxylic acids is 1. The molecular formula is C29H25NO5. The molecule has 176 valence electrons. The molecule has 4 aromatic rings. The van der Waals surface area contributed by atoms with Crippen LogP contribution in [0.2, 0.25) is 0 Å². The number of nitrogens with one attached hydrogen (secondary N) is 1. The number of hydrogen-bond acceptors (Lipinski definition) is 4. The predicted octanol–water partition coefficient (Wildman–Crippen LogP) is 5.79. The molecule has 0 spiro atoms. The summed E-state index contributed by atoms with van der Waals surface area (Å²) in [6, 6.07) is 26.4. The molecule has 0 fully saturated rings. The van der Waals surface area contributed by atoms with Crippen LogP contribution in [0.5, 0.6) is 0 Å². The third-order valence-corrected chi connectivity index (χ3v) is 6.44. The van der Waals surface area contributed by atoms with E-state index in [9.17, 15) is 14.7 Å². The third-order valence-electron chi connectivity index (χ3n) is 6.44. The Labute approximate surface area is 203 Å². The third kappa shape index (κ3) is 4.55. The molecule has 0 bridgehead atoms. The van der Waals surface area contributed by atoms with Crippen molar-refractivity contribution in [3.8, 4) is 22.5 Å². The summed E-state index contributed by atoms with van der Waals surface area (Å²) in [4.78, 5) is 24.5. The first-order chi connectivity index (χ1) is 17.0. The highest BCUT2D eigenvalue weighted by Crippen LogP contribution is 2.44. The molecule has 1 atom stereocenters. The van der Waals surface area contributed by atoms with Crippen LogP contribution < -0.4 is 5.32 Å². The SMILES string of the molecule is Cc1oc(-c2ccccc2)cc1CC(NC(=O)OCC1c2ccccc2-c2ccccc21)C(=O)O. The second-order valence-corrected chi connectivity index (χ2v) is 8.62. The number of fused-ring (bicyclic) bond motifs is 3. The number of aliphatic carboxylic acids is 1. The highest BCUT2D eigenvalue weighted by molar-refractivity contribution is 5.81. The van der Waals surface area contributed by atoms with E-state index in [4.69, 9.17) is 9.15 Å². The molecule has 0 saturated carbocycles. The number of furan rings is 1. The highest BCUT2D eigenvalue weighted by Gasteiger charge is 2.30. The molecule has 5 rings (SSSR count). The summed E-state index contributed by atoms with van der Waals surface area (Å²) in [6.45, 7) is 1.91. The van der Waals surface area contributed by atoms with Gasteiger partial charge < -0.3 is 19.6 Å². The van der Waals surface area contributed by atoms with Gasteiger partial charge in [-0.15, -0.1) is 0 Å². The number of carbonyl (C=O) groups is 2. The summed E-state index contributed by atoms with van der Waals surface area (Å²) < 4.78 is 11.4. The minimum absolute atomic E-state index is 0.0850. The number of ether oxygens (including phenoxy) is 1. The number of carboxylic acid groups (broad SMARTS) is 1. The van der Waals surface area contributed by atoms with Gasteiger partial charge in [-0.25, -0.2) is 9.59 Å². The van der Waals surface area contributed by atoms with Crippen LogP contribution in [0.25, 0.3) is 22.5 Å². The summed E-state index contributed by atoms with van der Waals surface area (Å²) in [6.07, 6.45) is -0.675. The van der Waals surface area contributed by atoms with Crippen molar-refractivity contribution in [3.05, 3.63) is 107 Å². The lowest BCUT2D eigenvalue weighted by molar-refractivity contribution is -0.139. The van der Waals surface area contributed by atoms with Crippen molar-refractivity contribution in [2.75, 3.05) is 6.61 Å². The van der Waals surface area contributed by atoms with Crippen molar-refractivity contribution in [2.24, 2.45) is 0 Å². The molecule has 6 nitrogen and oxygen atoms in total. The van der Waals surface area contributed by atoms with Crippen molar-refractivity contribution in [1.29, 1.82) is 0 Å². The fourth-order valence-electron chi connectivity index (χ4n) is 4.67. The molecule has 1 aliphatic carbocycles. The van der Waals surface area contributed by atoms with Gasteiger partial charge in [-0.3, -0.25) is 0 Å². The van der Waals surface area contributed by atoms with Crippen LogP contribution in [0.4, 0.5) is 4.79 Å². The number of rotatable bonds is 7. The Kier molecular flexibility index (Phi) is 6.10. The zero-order valence-electron chi connectivity index (χ0n) is 19.2. The maximum absolute atomic E-state index is 12.6. The Bertz CT molecular complexity index is 1330. The molecule has 6 heteroatoms. The maximum Gasteiger partial charge on any atom is 0.407 e. The smallest absolute Gasteiger partial charge is 0.407 e. The molecule has 2 N–H and O–H groups in total. The van der Waals surface area contributed by atoms with Crippen LogP contribution in [-0.4, -0.2) is 29.8 Å². The summed E-state index contributed by atoms with van der Waals surface area (Å²) >= 11 is 0. The molecule has 1 unspecified atom stereocenters. The van der Waals surface area contributed by atoms with Crippen LogP contribution in [0.1, 0.15) is 28.4 Å². The molecule has 1 amide bonds. The van der Waals surface area contributed by atoms with E-state index in [2.05, 4.69) is 17.4 Å². The minimum atomic E-state index is -1.15. The van der Waals surface area contributed by atoms with Gasteiger partial charge in [0.05, 0.1) is 0 Å². The Morgan fingerprint density at radius 1 is 0.943 bits per heavy atom. The first kappa shape index (κ1) is 22.5. The monoisotopic (exact) mass is 467 g/mol. The number of amides is 1. The van der Waals surface area contributed by atoms with Gasteiger partial charge in [-0.1, -0.05) is 78.9 Å². The summed E-state index contributed by atoms with van der Waals surface area (Å²) in [7, 11) is 0. The Morgan fingerprint density at radius 2 is 1.54 bits per heavy atom. The number of carboxylic acids is 1. The largest absolute Gasteiger partial charge is 0.480 e. The molecular weight excluding hydrogens is 442 g/mol. The first-order valence-electron chi connectivity index (χ1n) is 11.5. The normalized spacial score (nSPS) is 13.1. The van der Waals surface area contributed by atoms with Gasteiger partial charge in [0.15, 0.2) is 0 Å². The standard InChI is InChI=1S/C29H25NO5/c1-18-20(16-27(35-18)19-9-3-2-4-10-19)15-26(28(31)32)30-29(33)34-17-25-23-13-7-5-11-21(23)22-12-6-8-14-24(22)25/h2-14,16,25-26H,15,17H2,1H3,(H,30,33)(H,31,32). The van der Waals surface area contributed by atoms with Gasteiger partial charge in [0, 0.05) is 17.9 Å². The van der Waals surface area contributed by atoms with Gasteiger partial charge in [0.25, 0.3) is 0 Å². The Morgan fingerprint density at radius 3 is 2.17 bits per heavy atom. The van der Waals surface area contributed by atoms with Gasteiger partial charge >= 0.3 is 12.1 Å². The first-order valence-corrected chi connectivity index (χ1v) is 11.5. The Balaban J connectivity index is 1.26. The second kappa shape index (κ2) is 9.50. The van der Waals surface area contributed by atoms with Gasteiger partial charge in [-0.05, 0) is 40.8 Å². The van der Waals surface area contributed by atoms with E-state index in [1.165, 1.54) is 0 Å². The average molecular weight is 468 g/mol. The van der Waals surface area contributed by atoms with Crippen molar-refractivity contribution >= 4 is 12.1 Å². The number of hydrogen-bond donors (Lipinski definition) is 2. The minimum Gasteiger partial charge on any atom is -0.480 e. The van der Waals surface area contributed by atoms with Crippen LogP contribution in [0.15, 0.2) is 89.3 Å². The van der Waals surface area contributed by atoms with E-state index in [0.717, 1.165) is 33.4 Å².